The molecule has 1 aliphatic carbocycles. The lowest BCUT2D eigenvalue weighted by atomic mass is 9.82. The number of aromatic nitrogens is 5. The fraction of sp³-hybridized carbons (Fsp3) is 0.0714. The Kier molecular flexibility index (Phi) is 6.21. The number of nitrogen functional groups attached to an aromatic ring is 1. The quantitative estimate of drug-likeness (QED) is 0.195. The normalized spacial score (nSPS) is 13.0. The monoisotopic (exact) mass is 620 g/mol. The van der Waals surface area contributed by atoms with Crippen LogP contribution in [0.3, 0.4) is 0 Å². The molecule has 2 aromatic heterocycles. The molecule has 8 aromatic rings. The Hall–Kier alpha value is -6.27. The van der Waals surface area contributed by atoms with Gasteiger partial charge in [-0.2, -0.15) is 4.79 Å². The van der Waals surface area contributed by atoms with Crippen molar-refractivity contribution in [1.29, 1.82) is 0 Å². The van der Waals surface area contributed by atoms with Crippen LogP contribution >= 0.6 is 0 Å². The summed E-state index contributed by atoms with van der Waals surface area (Å²) >= 11 is 0. The lowest BCUT2D eigenvalue weighted by Gasteiger charge is -2.26. The molecule has 2 N–H and O–H groups in total. The predicted molar refractivity (Wildman–Crippen MR) is 194 cm³/mol. The van der Waals surface area contributed by atoms with Gasteiger partial charge in [-0.25, -0.2) is 19.6 Å². The molecule has 0 saturated heterocycles. The molecule has 0 unspecified atom stereocenters. The van der Waals surface area contributed by atoms with Crippen LogP contribution in [0.2, 0.25) is 0 Å². The third kappa shape index (κ3) is 4.37. The molecule has 6 aromatic carbocycles. The second kappa shape index (κ2) is 10.6. The molecule has 9 rings (SSSR count). The van der Waals surface area contributed by atoms with Crippen molar-refractivity contribution in [1.82, 2.24) is 24.4 Å². The number of rotatable bonds is 5. The first-order valence-corrected chi connectivity index (χ1v) is 16.2. The van der Waals surface area contributed by atoms with Crippen LogP contribution in [0.25, 0.3) is 73.1 Å². The maximum atomic E-state index is 6.61. The Morgan fingerprint density at radius 1 is 0.458 bits per heavy atom. The highest BCUT2D eigenvalue weighted by atomic mass is 15.6. The molecule has 0 atom stereocenters. The third-order valence-electron chi connectivity index (χ3n) is 9.66. The van der Waals surface area contributed by atoms with Gasteiger partial charge in [-0.15, -0.1) is 0 Å². The van der Waals surface area contributed by atoms with E-state index >= 15 is 0 Å². The second-order valence-corrected chi connectivity index (χ2v) is 12.9. The van der Waals surface area contributed by atoms with Crippen LogP contribution in [0.5, 0.6) is 0 Å². The van der Waals surface area contributed by atoms with Gasteiger partial charge in [-0.3, -0.25) is 0 Å². The first kappa shape index (κ1) is 28.0. The zero-order valence-corrected chi connectivity index (χ0v) is 26.7. The zero-order valence-electron chi connectivity index (χ0n) is 26.7. The molecule has 1 aliphatic rings. The van der Waals surface area contributed by atoms with Crippen LogP contribution in [0, 0.1) is 0 Å². The molecular formula is C42H32N6. The van der Waals surface area contributed by atoms with Gasteiger partial charge in [0.05, 0.1) is 11.2 Å². The van der Waals surface area contributed by atoms with E-state index in [0.717, 1.165) is 44.5 Å². The third-order valence-corrected chi connectivity index (χ3v) is 9.66. The topological polar surface area (TPSA) is 74.5 Å². The van der Waals surface area contributed by atoms with Gasteiger partial charge in [0.25, 0.3) is 0 Å². The summed E-state index contributed by atoms with van der Waals surface area (Å²) in [5.41, 5.74) is 13.4. The van der Waals surface area contributed by atoms with Crippen LogP contribution in [0.15, 0.2) is 146 Å². The molecule has 0 fully saturated rings. The number of benzene rings is 6. The van der Waals surface area contributed by atoms with E-state index in [-0.39, 0.29) is 5.41 Å². The highest BCUT2D eigenvalue weighted by molar-refractivity contribution is 5.92. The van der Waals surface area contributed by atoms with E-state index in [2.05, 4.69) is 103 Å². The highest BCUT2D eigenvalue weighted by Gasteiger charge is 2.36. The van der Waals surface area contributed by atoms with Gasteiger partial charge < -0.3 is 5.84 Å². The second-order valence-electron chi connectivity index (χ2n) is 12.9. The minimum absolute atomic E-state index is 0.0582. The minimum Gasteiger partial charge on any atom is -0.324 e. The van der Waals surface area contributed by atoms with Crippen molar-refractivity contribution in [2.24, 2.45) is 0 Å². The maximum Gasteiger partial charge on any atom is 0.164 e. The zero-order chi connectivity index (χ0) is 32.4. The summed E-state index contributed by atoms with van der Waals surface area (Å²) in [5.74, 6) is 8.56. The summed E-state index contributed by atoms with van der Waals surface area (Å²) in [6.07, 6.45) is 0. The molecular weight excluding hydrogens is 589 g/mol. The van der Waals surface area contributed by atoms with Crippen molar-refractivity contribution in [2.45, 2.75) is 19.3 Å². The lowest BCUT2D eigenvalue weighted by Crippen LogP contribution is -2.29. The Bertz CT molecular complexity index is 2400. The summed E-state index contributed by atoms with van der Waals surface area (Å²) in [6.45, 7) is 4.58. The van der Waals surface area contributed by atoms with Crippen LogP contribution < -0.4 is 5.84 Å². The molecule has 6 nitrogen and oxygen atoms in total. The molecule has 2 heterocycles. The molecule has 0 radical (unpaired) electrons. The molecule has 230 valence electrons. The van der Waals surface area contributed by atoms with Crippen LogP contribution in [-0.2, 0) is 5.41 Å². The van der Waals surface area contributed by atoms with E-state index < -0.39 is 0 Å². The van der Waals surface area contributed by atoms with E-state index in [1.807, 2.05) is 60.7 Å². The van der Waals surface area contributed by atoms with Gasteiger partial charge in [0.15, 0.2) is 17.5 Å². The molecule has 0 saturated carbocycles. The van der Waals surface area contributed by atoms with E-state index in [4.69, 9.17) is 20.8 Å². The Morgan fingerprint density at radius 2 is 0.938 bits per heavy atom. The van der Waals surface area contributed by atoms with Crippen LogP contribution in [0.1, 0.15) is 25.0 Å². The fourth-order valence-corrected chi connectivity index (χ4v) is 7.07. The number of nitrogens with zero attached hydrogens (tertiary/aromatic N) is 5. The smallest absolute Gasteiger partial charge is 0.164 e. The first-order chi connectivity index (χ1) is 23.5. The number of nitrogens with two attached hydrogens (primary N) is 1. The molecule has 0 bridgehead atoms. The lowest BCUT2D eigenvalue weighted by molar-refractivity contribution is 0.655. The molecule has 0 spiro atoms. The van der Waals surface area contributed by atoms with Crippen molar-refractivity contribution in [3.8, 4) is 62.1 Å². The van der Waals surface area contributed by atoms with Gasteiger partial charge in [0, 0.05) is 22.1 Å². The van der Waals surface area contributed by atoms with E-state index in [1.165, 1.54) is 22.3 Å². The first-order valence-electron chi connectivity index (χ1n) is 16.2. The summed E-state index contributed by atoms with van der Waals surface area (Å²) in [7, 11) is 0. The minimum atomic E-state index is -0.0582. The number of fused-ring (bicyclic) bond motifs is 4. The van der Waals surface area contributed by atoms with Crippen molar-refractivity contribution >= 4 is 11.0 Å². The van der Waals surface area contributed by atoms with Gasteiger partial charge in [0.2, 0.25) is 0 Å². The Morgan fingerprint density at radius 3 is 1.52 bits per heavy atom. The van der Waals surface area contributed by atoms with Crippen molar-refractivity contribution in [3.63, 3.8) is 0 Å². The molecule has 0 amide bonds. The average molecular weight is 621 g/mol. The summed E-state index contributed by atoms with van der Waals surface area (Å²) < 4.78 is 2.08. The van der Waals surface area contributed by atoms with Crippen molar-refractivity contribution in [3.05, 3.63) is 157 Å². The largest absolute Gasteiger partial charge is 0.324 e. The summed E-state index contributed by atoms with van der Waals surface area (Å²) in [4.78, 5) is 16.3. The van der Waals surface area contributed by atoms with Gasteiger partial charge in [-0.1, -0.05) is 135 Å². The van der Waals surface area contributed by atoms with E-state index in [0.29, 0.717) is 17.5 Å². The summed E-state index contributed by atoms with van der Waals surface area (Å²) in [5, 5.41) is 0. The van der Waals surface area contributed by atoms with Gasteiger partial charge >= 0.3 is 0 Å². The highest BCUT2D eigenvalue weighted by Crippen LogP contribution is 2.50. The molecule has 6 heteroatoms. The fourth-order valence-electron chi connectivity index (χ4n) is 7.07. The Labute approximate surface area is 278 Å². The SMILES string of the molecule is CC1(C)c2ccccc2-c2cc3c(cc21)n(N)n3-c1ccc(-c2ccc(-c3nc(-c4ccccc4)nc(-c4ccccc4)n3)cc2)cc1. The van der Waals surface area contributed by atoms with E-state index in [9.17, 15) is 0 Å². The van der Waals surface area contributed by atoms with Crippen molar-refractivity contribution < 1.29 is 0 Å². The van der Waals surface area contributed by atoms with Crippen molar-refractivity contribution in [2.75, 3.05) is 5.84 Å². The standard InChI is InChI=1S/C42H32N6/c1-42(2)35-16-10-9-15-33(35)34-25-37-38(26-36(34)42)48(43)47(37)32-23-21-28(22-24-32)27-17-19-31(20-18-27)41-45-39(29-11-5-3-6-12-29)44-40(46-41)30-13-7-4-8-14-30/h3-26H,43H2,1-2H3. The van der Waals surface area contributed by atoms with Gasteiger partial charge in [0.1, 0.15) is 5.52 Å². The average Bonchev–Trinajstić information content (AvgIpc) is 3.37. The maximum absolute atomic E-state index is 6.61. The Balaban J connectivity index is 1.03. The predicted octanol–water partition coefficient (Wildman–Crippen LogP) is 9.31. The van der Waals surface area contributed by atoms with E-state index in [1.54, 1.807) is 4.79 Å². The van der Waals surface area contributed by atoms with Crippen LogP contribution in [-0.4, -0.2) is 24.4 Å². The van der Waals surface area contributed by atoms with Gasteiger partial charge in [-0.05, 0) is 57.6 Å². The number of hydrogen-bond donors (Lipinski definition) is 1. The molecule has 0 aliphatic heterocycles. The number of hydrogen-bond acceptors (Lipinski definition) is 4. The molecule has 48 heavy (non-hydrogen) atoms. The summed E-state index contributed by atoms with van der Waals surface area (Å²) in [6, 6.07) is 50.3. The van der Waals surface area contributed by atoms with Crippen LogP contribution in [0.4, 0.5) is 0 Å².